The molecule has 144 valence electrons. The van der Waals surface area contributed by atoms with E-state index in [-0.39, 0.29) is 33.9 Å². The normalized spacial score (nSPS) is 13.2. The molecule has 2 aromatic carbocycles. The minimum atomic E-state index is -0.868. The highest BCUT2D eigenvalue weighted by atomic mass is 32.1. The Labute approximate surface area is 160 Å². The molecule has 28 heavy (non-hydrogen) atoms. The molecule has 0 bridgehead atoms. The first-order valence-electron chi connectivity index (χ1n) is 8.00. The summed E-state index contributed by atoms with van der Waals surface area (Å²) in [7, 11) is 1.18. The summed E-state index contributed by atoms with van der Waals surface area (Å²) >= 11 is 0.885. The average Bonchev–Trinajstić information content (AvgIpc) is 3.25. The summed E-state index contributed by atoms with van der Waals surface area (Å²) in [6.45, 7) is -0.323. The van der Waals surface area contributed by atoms with Crippen LogP contribution in [0.5, 0.6) is 11.5 Å². The number of benzene rings is 2. The number of esters is 1. The lowest BCUT2D eigenvalue weighted by Gasteiger charge is -2.04. The lowest BCUT2D eigenvalue weighted by molar-refractivity contribution is -0.141. The molecular weight excluding hydrogens is 394 g/mol. The van der Waals surface area contributed by atoms with Crippen LogP contribution < -0.4 is 14.3 Å². The lowest BCUT2D eigenvalue weighted by atomic mass is 10.2. The molecule has 0 saturated heterocycles. The minimum absolute atomic E-state index is 0.0333. The largest absolute Gasteiger partial charge is 0.468 e. The summed E-state index contributed by atoms with van der Waals surface area (Å²) in [5.41, 5.74) is 0.187. The number of hydrogen-bond donors (Lipinski definition) is 0. The van der Waals surface area contributed by atoms with Crippen LogP contribution in [0.3, 0.4) is 0 Å². The molecular formula is C18H12F2N2O5S. The van der Waals surface area contributed by atoms with E-state index in [0.717, 1.165) is 17.4 Å². The third kappa shape index (κ3) is 3.22. The zero-order chi connectivity index (χ0) is 19.8. The molecule has 7 nitrogen and oxygen atoms in total. The zero-order valence-electron chi connectivity index (χ0n) is 14.4. The Morgan fingerprint density at radius 3 is 2.79 bits per heavy atom. The maximum absolute atomic E-state index is 14.3. The highest BCUT2D eigenvalue weighted by Crippen LogP contribution is 2.32. The SMILES string of the molecule is COC(=O)Cn1c(=NC(=O)c2ccc3c(c2)OCO3)sc2cc(F)cc(F)c21. The van der Waals surface area contributed by atoms with Gasteiger partial charge in [-0.05, 0) is 24.3 Å². The van der Waals surface area contributed by atoms with E-state index in [4.69, 9.17) is 9.47 Å². The quantitative estimate of drug-likeness (QED) is 0.625. The fourth-order valence-electron chi connectivity index (χ4n) is 2.74. The summed E-state index contributed by atoms with van der Waals surface area (Å²) in [5, 5.41) is 0. The van der Waals surface area contributed by atoms with Crippen molar-refractivity contribution >= 4 is 33.4 Å². The Hall–Kier alpha value is -3.27. The molecule has 0 saturated carbocycles. The summed E-state index contributed by atoms with van der Waals surface area (Å²) in [4.78, 5) is 28.4. The number of fused-ring (bicyclic) bond motifs is 2. The first-order chi connectivity index (χ1) is 13.5. The van der Waals surface area contributed by atoms with Gasteiger partial charge in [-0.1, -0.05) is 11.3 Å². The number of ether oxygens (including phenoxy) is 3. The zero-order valence-corrected chi connectivity index (χ0v) is 15.2. The van der Waals surface area contributed by atoms with Crippen molar-refractivity contribution in [1.29, 1.82) is 0 Å². The number of carbonyl (C=O) groups is 2. The monoisotopic (exact) mass is 406 g/mol. The Morgan fingerprint density at radius 1 is 1.21 bits per heavy atom. The van der Waals surface area contributed by atoms with Crippen LogP contribution in [0.25, 0.3) is 10.2 Å². The van der Waals surface area contributed by atoms with Crippen molar-refractivity contribution in [2.75, 3.05) is 13.9 Å². The molecule has 0 aliphatic carbocycles. The van der Waals surface area contributed by atoms with E-state index in [0.29, 0.717) is 17.6 Å². The molecule has 1 amide bonds. The number of hydrogen-bond acceptors (Lipinski definition) is 6. The molecule has 0 atom stereocenters. The Bertz CT molecular complexity index is 1180. The Balaban J connectivity index is 1.84. The van der Waals surface area contributed by atoms with E-state index < -0.39 is 23.5 Å². The van der Waals surface area contributed by atoms with Crippen LogP contribution in [0, 0.1) is 11.6 Å². The van der Waals surface area contributed by atoms with Gasteiger partial charge in [0.25, 0.3) is 5.91 Å². The number of methoxy groups -OCH3 is 1. The topological polar surface area (TPSA) is 79.1 Å². The van der Waals surface area contributed by atoms with Gasteiger partial charge in [-0.3, -0.25) is 9.59 Å². The van der Waals surface area contributed by atoms with Crippen LogP contribution in [0.2, 0.25) is 0 Å². The van der Waals surface area contributed by atoms with E-state index in [1.165, 1.54) is 23.8 Å². The van der Waals surface area contributed by atoms with Crippen LogP contribution in [0.1, 0.15) is 10.4 Å². The molecule has 0 N–H and O–H groups in total. The van der Waals surface area contributed by atoms with Gasteiger partial charge in [0, 0.05) is 11.6 Å². The second-order valence-electron chi connectivity index (χ2n) is 5.77. The highest BCUT2D eigenvalue weighted by molar-refractivity contribution is 7.16. The Kier molecular flexibility index (Phi) is 4.55. The third-order valence-corrected chi connectivity index (χ3v) is 5.05. The summed E-state index contributed by atoms with van der Waals surface area (Å²) < 4.78 is 44.3. The standard InChI is InChI=1S/C18H12F2N2O5S/c1-25-15(23)7-22-16-11(20)5-10(19)6-14(16)28-18(22)21-17(24)9-2-3-12-13(4-9)27-8-26-12/h2-6H,7-8H2,1H3. The maximum atomic E-state index is 14.3. The van der Waals surface area contributed by atoms with Gasteiger partial charge in [0.15, 0.2) is 22.1 Å². The molecule has 0 unspecified atom stereocenters. The molecule has 3 aromatic rings. The highest BCUT2D eigenvalue weighted by Gasteiger charge is 2.19. The number of halogens is 2. The lowest BCUT2D eigenvalue weighted by Crippen LogP contribution is -2.22. The van der Waals surface area contributed by atoms with Crippen molar-refractivity contribution in [3.63, 3.8) is 0 Å². The molecule has 1 aromatic heterocycles. The molecule has 1 aliphatic heterocycles. The van der Waals surface area contributed by atoms with Crippen molar-refractivity contribution in [2.24, 2.45) is 4.99 Å². The smallest absolute Gasteiger partial charge is 0.325 e. The van der Waals surface area contributed by atoms with Crippen LogP contribution >= 0.6 is 11.3 Å². The first-order valence-corrected chi connectivity index (χ1v) is 8.82. The van der Waals surface area contributed by atoms with Crippen molar-refractivity contribution in [1.82, 2.24) is 4.57 Å². The van der Waals surface area contributed by atoms with Gasteiger partial charge in [0.05, 0.1) is 17.3 Å². The number of nitrogens with zero attached hydrogens (tertiary/aromatic N) is 2. The van der Waals surface area contributed by atoms with Gasteiger partial charge in [0.1, 0.15) is 12.4 Å². The van der Waals surface area contributed by atoms with E-state index in [1.54, 1.807) is 6.07 Å². The van der Waals surface area contributed by atoms with Crippen LogP contribution in [-0.2, 0) is 16.1 Å². The van der Waals surface area contributed by atoms with Crippen LogP contribution in [0.15, 0.2) is 35.3 Å². The third-order valence-electron chi connectivity index (χ3n) is 4.03. The second-order valence-corrected chi connectivity index (χ2v) is 6.78. The second kappa shape index (κ2) is 7.04. The van der Waals surface area contributed by atoms with Gasteiger partial charge in [-0.15, -0.1) is 0 Å². The van der Waals surface area contributed by atoms with E-state index in [2.05, 4.69) is 9.73 Å². The summed E-state index contributed by atoms with van der Waals surface area (Å²) in [5.74, 6) is -2.02. The van der Waals surface area contributed by atoms with E-state index in [9.17, 15) is 18.4 Å². The van der Waals surface area contributed by atoms with Crippen molar-refractivity contribution in [3.05, 3.63) is 52.3 Å². The van der Waals surface area contributed by atoms with Gasteiger partial charge in [0.2, 0.25) is 6.79 Å². The van der Waals surface area contributed by atoms with Crippen LogP contribution in [-0.4, -0.2) is 30.3 Å². The molecule has 0 spiro atoms. The first kappa shape index (κ1) is 18.1. The number of aromatic nitrogens is 1. The van der Waals surface area contributed by atoms with E-state index in [1.807, 2.05) is 0 Å². The molecule has 2 heterocycles. The number of amides is 1. The van der Waals surface area contributed by atoms with Gasteiger partial charge in [-0.25, -0.2) is 8.78 Å². The molecule has 0 radical (unpaired) electrons. The summed E-state index contributed by atoms with van der Waals surface area (Å²) in [6.07, 6.45) is 0. The van der Waals surface area contributed by atoms with Gasteiger partial charge < -0.3 is 18.8 Å². The molecule has 10 heteroatoms. The number of carbonyl (C=O) groups excluding carboxylic acids is 2. The predicted octanol–water partition coefficient (Wildman–Crippen LogP) is 2.62. The van der Waals surface area contributed by atoms with E-state index >= 15 is 0 Å². The maximum Gasteiger partial charge on any atom is 0.325 e. The van der Waals surface area contributed by atoms with Gasteiger partial charge >= 0.3 is 5.97 Å². The number of rotatable bonds is 3. The van der Waals surface area contributed by atoms with Crippen LogP contribution in [0.4, 0.5) is 8.78 Å². The van der Waals surface area contributed by atoms with Crippen molar-refractivity contribution in [2.45, 2.75) is 6.54 Å². The van der Waals surface area contributed by atoms with Gasteiger partial charge in [-0.2, -0.15) is 4.99 Å². The minimum Gasteiger partial charge on any atom is -0.468 e. The molecule has 4 rings (SSSR count). The Morgan fingerprint density at radius 2 is 2.00 bits per heavy atom. The molecule has 1 aliphatic rings. The average molecular weight is 406 g/mol. The fourth-order valence-corrected chi connectivity index (χ4v) is 3.80. The fraction of sp³-hybridized carbons (Fsp3) is 0.167. The predicted molar refractivity (Wildman–Crippen MR) is 94.2 cm³/mol. The molecule has 0 fully saturated rings. The van der Waals surface area contributed by atoms with Crippen molar-refractivity contribution in [3.8, 4) is 11.5 Å². The van der Waals surface area contributed by atoms with Crippen molar-refractivity contribution < 1.29 is 32.6 Å². The summed E-state index contributed by atoms with van der Waals surface area (Å²) in [6, 6.07) is 6.38. The number of thiazole rings is 1.